The van der Waals surface area contributed by atoms with Gasteiger partial charge in [-0.2, -0.15) is 0 Å². The lowest BCUT2D eigenvalue weighted by atomic mass is 10.0. The van der Waals surface area contributed by atoms with Crippen LogP contribution in [-0.2, 0) is 0 Å². The standard InChI is InChI=1S/C17H12FN/c18-16-9-10-19-17(12-16)15-8-4-7-14(11-15)13-5-2-1-3-6-13/h1-12H. The largest absolute Gasteiger partial charge is 0.256 e. The summed E-state index contributed by atoms with van der Waals surface area (Å²) in [5.74, 6) is -0.268. The number of hydrogen-bond acceptors (Lipinski definition) is 1. The van der Waals surface area contributed by atoms with Crippen LogP contribution >= 0.6 is 0 Å². The summed E-state index contributed by atoms with van der Waals surface area (Å²) in [6.07, 6.45) is 1.49. The first-order valence-electron chi connectivity index (χ1n) is 6.10. The second-order valence-electron chi connectivity index (χ2n) is 4.31. The number of rotatable bonds is 2. The average Bonchev–Trinajstić information content (AvgIpc) is 2.48. The van der Waals surface area contributed by atoms with Crippen molar-refractivity contribution in [1.29, 1.82) is 0 Å². The van der Waals surface area contributed by atoms with E-state index in [9.17, 15) is 4.39 Å². The number of benzene rings is 2. The van der Waals surface area contributed by atoms with Crippen LogP contribution in [-0.4, -0.2) is 4.98 Å². The predicted molar refractivity (Wildman–Crippen MR) is 75.1 cm³/mol. The molecule has 2 heteroatoms. The number of halogens is 1. The fourth-order valence-electron chi connectivity index (χ4n) is 2.05. The van der Waals surface area contributed by atoms with E-state index in [0.29, 0.717) is 5.69 Å². The molecule has 3 rings (SSSR count). The van der Waals surface area contributed by atoms with Gasteiger partial charge >= 0.3 is 0 Å². The maximum absolute atomic E-state index is 13.2. The summed E-state index contributed by atoms with van der Waals surface area (Å²) in [7, 11) is 0. The van der Waals surface area contributed by atoms with E-state index >= 15 is 0 Å². The van der Waals surface area contributed by atoms with Gasteiger partial charge in [-0.05, 0) is 23.3 Å². The van der Waals surface area contributed by atoms with Crippen molar-refractivity contribution in [2.24, 2.45) is 0 Å². The zero-order valence-corrected chi connectivity index (χ0v) is 10.3. The number of pyridine rings is 1. The molecule has 0 spiro atoms. The van der Waals surface area contributed by atoms with E-state index in [0.717, 1.165) is 16.7 Å². The van der Waals surface area contributed by atoms with Gasteiger partial charge in [0.1, 0.15) is 5.82 Å². The quantitative estimate of drug-likeness (QED) is 0.649. The second kappa shape index (κ2) is 5.02. The molecular formula is C17H12FN. The molecule has 0 saturated carbocycles. The Labute approximate surface area is 111 Å². The average molecular weight is 249 g/mol. The Hall–Kier alpha value is -2.48. The lowest BCUT2D eigenvalue weighted by Gasteiger charge is -2.05. The Morgan fingerprint density at radius 3 is 2.21 bits per heavy atom. The normalized spacial score (nSPS) is 10.4. The van der Waals surface area contributed by atoms with Gasteiger partial charge < -0.3 is 0 Å². The smallest absolute Gasteiger partial charge is 0.126 e. The number of nitrogens with zero attached hydrogens (tertiary/aromatic N) is 1. The molecule has 2 aromatic carbocycles. The third-order valence-electron chi connectivity index (χ3n) is 2.99. The Kier molecular flexibility index (Phi) is 3.07. The second-order valence-corrected chi connectivity index (χ2v) is 4.31. The van der Waals surface area contributed by atoms with Crippen molar-refractivity contribution >= 4 is 0 Å². The lowest BCUT2D eigenvalue weighted by molar-refractivity contribution is 0.626. The van der Waals surface area contributed by atoms with Crippen molar-refractivity contribution in [2.45, 2.75) is 0 Å². The Morgan fingerprint density at radius 2 is 1.42 bits per heavy atom. The van der Waals surface area contributed by atoms with E-state index in [4.69, 9.17) is 0 Å². The molecule has 0 radical (unpaired) electrons. The van der Waals surface area contributed by atoms with E-state index in [2.05, 4.69) is 17.1 Å². The monoisotopic (exact) mass is 249 g/mol. The van der Waals surface area contributed by atoms with Crippen LogP contribution in [0.15, 0.2) is 72.9 Å². The van der Waals surface area contributed by atoms with Gasteiger partial charge in [0.2, 0.25) is 0 Å². The highest BCUT2D eigenvalue weighted by Crippen LogP contribution is 2.25. The maximum atomic E-state index is 13.2. The van der Waals surface area contributed by atoms with Gasteiger partial charge in [0, 0.05) is 17.8 Å². The summed E-state index contributed by atoms with van der Waals surface area (Å²) in [6.45, 7) is 0. The van der Waals surface area contributed by atoms with Gasteiger partial charge in [0.25, 0.3) is 0 Å². The molecule has 0 atom stereocenters. The Bertz CT molecular complexity index is 692. The van der Waals surface area contributed by atoms with Crippen molar-refractivity contribution in [2.75, 3.05) is 0 Å². The van der Waals surface area contributed by atoms with Crippen molar-refractivity contribution < 1.29 is 4.39 Å². The predicted octanol–water partition coefficient (Wildman–Crippen LogP) is 4.55. The minimum absolute atomic E-state index is 0.268. The van der Waals surface area contributed by atoms with Gasteiger partial charge in [0.05, 0.1) is 5.69 Å². The molecule has 0 fully saturated rings. The summed E-state index contributed by atoms with van der Waals surface area (Å²) in [6, 6.07) is 20.9. The summed E-state index contributed by atoms with van der Waals surface area (Å²) in [5, 5.41) is 0. The van der Waals surface area contributed by atoms with Gasteiger partial charge in [0.15, 0.2) is 0 Å². The van der Waals surface area contributed by atoms with Gasteiger partial charge in [-0.15, -0.1) is 0 Å². The molecule has 1 nitrogen and oxygen atoms in total. The minimum Gasteiger partial charge on any atom is -0.256 e. The minimum atomic E-state index is -0.268. The summed E-state index contributed by atoms with van der Waals surface area (Å²) < 4.78 is 13.2. The zero-order chi connectivity index (χ0) is 13.1. The van der Waals surface area contributed by atoms with Crippen LogP contribution in [0, 0.1) is 5.82 Å². The highest BCUT2D eigenvalue weighted by atomic mass is 19.1. The SMILES string of the molecule is Fc1ccnc(-c2cccc(-c3ccccc3)c2)c1. The number of hydrogen-bond donors (Lipinski definition) is 0. The van der Waals surface area contributed by atoms with E-state index in [1.807, 2.05) is 42.5 Å². The van der Waals surface area contributed by atoms with Crippen LogP contribution in [0.25, 0.3) is 22.4 Å². The van der Waals surface area contributed by atoms with E-state index in [1.165, 1.54) is 18.3 Å². The first-order chi connectivity index (χ1) is 9.33. The first-order valence-corrected chi connectivity index (χ1v) is 6.10. The van der Waals surface area contributed by atoms with Crippen LogP contribution in [0.1, 0.15) is 0 Å². The topological polar surface area (TPSA) is 12.9 Å². The van der Waals surface area contributed by atoms with Crippen molar-refractivity contribution in [1.82, 2.24) is 4.98 Å². The molecule has 19 heavy (non-hydrogen) atoms. The highest BCUT2D eigenvalue weighted by molar-refractivity contribution is 5.71. The van der Waals surface area contributed by atoms with E-state index in [1.54, 1.807) is 0 Å². The van der Waals surface area contributed by atoms with Crippen molar-refractivity contribution in [3.05, 3.63) is 78.7 Å². The maximum Gasteiger partial charge on any atom is 0.126 e. The molecule has 92 valence electrons. The van der Waals surface area contributed by atoms with E-state index < -0.39 is 0 Å². The molecule has 0 N–H and O–H groups in total. The van der Waals surface area contributed by atoms with Crippen LogP contribution in [0.2, 0.25) is 0 Å². The number of aromatic nitrogens is 1. The molecule has 0 bridgehead atoms. The Balaban J connectivity index is 2.06. The van der Waals surface area contributed by atoms with Gasteiger partial charge in [-0.3, -0.25) is 4.98 Å². The van der Waals surface area contributed by atoms with Crippen LogP contribution < -0.4 is 0 Å². The molecule has 3 aromatic rings. The molecule has 0 aliphatic heterocycles. The molecule has 0 unspecified atom stereocenters. The van der Waals surface area contributed by atoms with E-state index in [-0.39, 0.29) is 5.82 Å². The van der Waals surface area contributed by atoms with Crippen LogP contribution in [0.4, 0.5) is 4.39 Å². The van der Waals surface area contributed by atoms with Crippen LogP contribution in [0.5, 0.6) is 0 Å². The van der Waals surface area contributed by atoms with Crippen molar-refractivity contribution in [3.8, 4) is 22.4 Å². The third kappa shape index (κ3) is 2.52. The Morgan fingerprint density at radius 1 is 0.684 bits per heavy atom. The fourth-order valence-corrected chi connectivity index (χ4v) is 2.05. The molecular weight excluding hydrogens is 237 g/mol. The summed E-state index contributed by atoms with van der Waals surface area (Å²) in [4.78, 5) is 4.20. The fraction of sp³-hybridized carbons (Fsp3) is 0. The third-order valence-corrected chi connectivity index (χ3v) is 2.99. The molecule has 1 aromatic heterocycles. The summed E-state index contributed by atoms with van der Waals surface area (Å²) >= 11 is 0. The molecule has 0 amide bonds. The van der Waals surface area contributed by atoms with Crippen molar-refractivity contribution in [3.63, 3.8) is 0 Å². The molecule has 0 aliphatic carbocycles. The van der Waals surface area contributed by atoms with Crippen LogP contribution in [0.3, 0.4) is 0 Å². The lowest BCUT2D eigenvalue weighted by Crippen LogP contribution is -1.86. The van der Waals surface area contributed by atoms with Gasteiger partial charge in [-0.25, -0.2) is 4.39 Å². The molecule has 0 saturated heterocycles. The molecule has 0 aliphatic rings. The van der Waals surface area contributed by atoms with Gasteiger partial charge in [-0.1, -0.05) is 48.5 Å². The zero-order valence-electron chi connectivity index (χ0n) is 10.3. The first kappa shape index (κ1) is 11.6. The summed E-state index contributed by atoms with van der Waals surface area (Å²) in [5.41, 5.74) is 3.81. The molecule has 1 heterocycles. The highest BCUT2D eigenvalue weighted by Gasteiger charge is 2.03.